The van der Waals surface area contributed by atoms with E-state index in [2.05, 4.69) is 105 Å². The van der Waals surface area contributed by atoms with E-state index in [9.17, 15) is 0 Å². The quantitative estimate of drug-likeness (QED) is 0.194. The fourth-order valence-electron chi connectivity index (χ4n) is 8.23. The molecule has 7 heterocycles. The van der Waals surface area contributed by atoms with E-state index >= 15 is 0 Å². The van der Waals surface area contributed by atoms with Crippen LogP contribution in [0.15, 0.2) is 158 Å². The molecule has 49 heavy (non-hydrogen) atoms. The zero-order chi connectivity index (χ0) is 31.8. The van der Waals surface area contributed by atoms with Gasteiger partial charge in [-0.15, -0.1) is 0 Å². The van der Waals surface area contributed by atoms with Crippen LogP contribution in [0.5, 0.6) is 0 Å². The van der Waals surface area contributed by atoms with Crippen LogP contribution in [0.1, 0.15) is 0 Å². The molecule has 0 bridgehead atoms. The first kappa shape index (κ1) is 25.3. The monoisotopic (exact) mass is 633 g/mol. The second-order valence-corrected chi connectivity index (χ2v) is 12.6. The van der Waals surface area contributed by atoms with Crippen LogP contribution in [0.3, 0.4) is 0 Å². The summed E-state index contributed by atoms with van der Waals surface area (Å²) in [6, 6.07) is 40.9. The van der Waals surface area contributed by atoms with Gasteiger partial charge in [0.25, 0.3) is 0 Å². The van der Waals surface area contributed by atoms with Crippen molar-refractivity contribution in [3.8, 4) is 17.1 Å². The molecular formula is C42H23N3O4. The van der Waals surface area contributed by atoms with Crippen molar-refractivity contribution in [1.29, 1.82) is 0 Å². The third-order valence-electron chi connectivity index (χ3n) is 10.2. The fraction of sp³-hybridized carbons (Fsp3) is 0. The summed E-state index contributed by atoms with van der Waals surface area (Å²) in [5.74, 6) is 0. The lowest BCUT2D eigenvalue weighted by Gasteiger charge is -2.15. The maximum Gasteiger partial charge on any atom is 0.195 e. The Balaban J connectivity index is 1.28. The van der Waals surface area contributed by atoms with Crippen LogP contribution >= 0.6 is 0 Å². The van der Waals surface area contributed by atoms with Gasteiger partial charge in [0.05, 0.1) is 69.5 Å². The highest BCUT2D eigenvalue weighted by molar-refractivity contribution is 6.24. The molecule has 0 atom stereocenters. The van der Waals surface area contributed by atoms with Crippen LogP contribution in [0.4, 0.5) is 0 Å². The Bertz CT molecular complexity index is 3190. The van der Waals surface area contributed by atoms with E-state index < -0.39 is 0 Å². The topological polar surface area (TPSA) is 67.3 Å². The van der Waals surface area contributed by atoms with Gasteiger partial charge in [-0.1, -0.05) is 66.7 Å². The normalized spacial score (nSPS) is 12.5. The van der Waals surface area contributed by atoms with E-state index in [1.54, 1.807) is 25.1 Å². The standard InChI is InChI=1S/C42H23N3O4/c1-2-8-26-24(6-1)7-5-11-30(26)44-35-22-25(43-31-14-18-46-39(31)40-32(43)15-19-47-40)12-13-29(35)38-28-10-4-3-9-27(28)36(23-37(38)44)45-33-16-20-48-41(33)42-34(45)17-21-49-42/h1-23H. The molecule has 12 aromatic rings. The van der Waals surface area contributed by atoms with Crippen molar-refractivity contribution in [3.05, 3.63) is 140 Å². The molecular weight excluding hydrogens is 610 g/mol. The Morgan fingerprint density at radius 2 is 0.898 bits per heavy atom. The first-order valence-electron chi connectivity index (χ1n) is 16.2. The summed E-state index contributed by atoms with van der Waals surface area (Å²) >= 11 is 0. The molecule has 5 aromatic carbocycles. The highest BCUT2D eigenvalue weighted by Gasteiger charge is 2.24. The highest BCUT2D eigenvalue weighted by Crippen LogP contribution is 2.44. The molecule has 12 rings (SSSR count). The van der Waals surface area contributed by atoms with Crippen molar-refractivity contribution >= 4 is 87.7 Å². The third-order valence-corrected chi connectivity index (χ3v) is 10.2. The summed E-state index contributed by atoms with van der Waals surface area (Å²) < 4.78 is 30.6. The van der Waals surface area contributed by atoms with E-state index in [0.717, 1.165) is 77.9 Å². The van der Waals surface area contributed by atoms with Gasteiger partial charge in [0.2, 0.25) is 0 Å². The van der Waals surface area contributed by atoms with E-state index in [1.807, 2.05) is 24.3 Å². The van der Waals surface area contributed by atoms with Crippen LogP contribution in [0.2, 0.25) is 0 Å². The predicted molar refractivity (Wildman–Crippen MR) is 194 cm³/mol. The van der Waals surface area contributed by atoms with E-state index in [4.69, 9.17) is 17.7 Å². The van der Waals surface area contributed by atoms with Gasteiger partial charge in [-0.2, -0.15) is 0 Å². The highest BCUT2D eigenvalue weighted by atomic mass is 16.4. The van der Waals surface area contributed by atoms with Crippen molar-refractivity contribution in [2.75, 3.05) is 0 Å². The summed E-state index contributed by atoms with van der Waals surface area (Å²) in [6.07, 6.45) is 6.90. The number of nitrogens with zero attached hydrogens (tertiary/aromatic N) is 3. The molecule has 0 radical (unpaired) electrons. The zero-order valence-electron chi connectivity index (χ0n) is 25.8. The van der Waals surface area contributed by atoms with Gasteiger partial charge in [-0.3, -0.25) is 0 Å². The number of aromatic nitrogens is 3. The Morgan fingerprint density at radius 3 is 1.57 bits per heavy atom. The van der Waals surface area contributed by atoms with Gasteiger partial charge in [0.15, 0.2) is 22.3 Å². The lowest BCUT2D eigenvalue weighted by Crippen LogP contribution is -1.99. The van der Waals surface area contributed by atoms with Crippen molar-refractivity contribution in [3.63, 3.8) is 0 Å². The molecule has 7 nitrogen and oxygen atoms in total. The molecule has 0 amide bonds. The average molecular weight is 634 g/mol. The molecule has 230 valence electrons. The largest absolute Gasteiger partial charge is 0.459 e. The smallest absolute Gasteiger partial charge is 0.195 e. The molecule has 0 aliphatic carbocycles. The summed E-state index contributed by atoms with van der Waals surface area (Å²) in [7, 11) is 0. The Hall–Kier alpha value is -6.86. The number of furan rings is 4. The minimum absolute atomic E-state index is 0.742. The van der Waals surface area contributed by atoms with Gasteiger partial charge in [0.1, 0.15) is 0 Å². The van der Waals surface area contributed by atoms with Crippen LogP contribution in [-0.2, 0) is 0 Å². The predicted octanol–water partition coefficient (Wildman–Crippen LogP) is 11.7. The molecule has 0 unspecified atom stereocenters. The number of hydrogen-bond acceptors (Lipinski definition) is 4. The third kappa shape index (κ3) is 3.12. The molecule has 0 saturated carbocycles. The Morgan fingerprint density at radius 1 is 0.347 bits per heavy atom. The van der Waals surface area contributed by atoms with Crippen LogP contribution < -0.4 is 0 Å². The molecule has 0 N–H and O–H groups in total. The number of rotatable bonds is 3. The van der Waals surface area contributed by atoms with Gasteiger partial charge >= 0.3 is 0 Å². The minimum atomic E-state index is 0.742. The van der Waals surface area contributed by atoms with Crippen molar-refractivity contribution in [2.24, 2.45) is 0 Å². The second kappa shape index (κ2) is 8.93. The van der Waals surface area contributed by atoms with Gasteiger partial charge in [0, 0.05) is 51.5 Å². The van der Waals surface area contributed by atoms with Crippen molar-refractivity contribution < 1.29 is 17.7 Å². The van der Waals surface area contributed by atoms with Crippen molar-refractivity contribution in [2.45, 2.75) is 0 Å². The Labute approximate surface area is 275 Å². The van der Waals surface area contributed by atoms with E-state index in [1.165, 1.54) is 26.9 Å². The number of benzene rings is 5. The summed E-state index contributed by atoms with van der Waals surface area (Å²) in [5, 5.41) is 7.04. The minimum Gasteiger partial charge on any atom is -0.459 e. The molecule has 0 aliphatic rings. The molecule has 0 fully saturated rings. The van der Waals surface area contributed by atoms with Crippen molar-refractivity contribution in [1.82, 2.24) is 13.7 Å². The van der Waals surface area contributed by atoms with Crippen LogP contribution in [0.25, 0.3) is 105 Å². The number of fused-ring (bicyclic) bond motifs is 12. The molecule has 0 spiro atoms. The van der Waals surface area contributed by atoms with E-state index in [-0.39, 0.29) is 0 Å². The van der Waals surface area contributed by atoms with Crippen LogP contribution in [0, 0.1) is 0 Å². The maximum absolute atomic E-state index is 5.94. The average Bonchev–Trinajstić information content (AvgIpc) is 3.98. The summed E-state index contributed by atoms with van der Waals surface area (Å²) in [5.41, 5.74) is 12.2. The first-order valence-corrected chi connectivity index (χ1v) is 16.2. The van der Waals surface area contributed by atoms with Gasteiger partial charge in [-0.05, 0) is 35.0 Å². The zero-order valence-corrected chi connectivity index (χ0v) is 25.8. The summed E-state index contributed by atoms with van der Waals surface area (Å²) in [6.45, 7) is 0. The summed E-state index contributed by atoms with van der Waals surface area (Å²) in [4.78, 5) is 0. The molecule has 0 aliphatic heterocycles. The van der Waals surface area contributed by atoms with Gasteiger partial charge < -0.3 is 31.4 Å². The van der Waals surface area contributed by atoms with Gasteiger partial charge in [-0.25, -0.2) is 0 Å². The maximum atomic E-state index is 5.94. The first-order chi connectivity index (χ1) is 24.3. The molecule has 7 heteroatoms. The van der Waals surface area contributed by atoms with Crippen LogP contribution in [-0.4, -0.2) is 13.7 Å². The SMILES string of the molecule is c1ccc2c(-n3c4cc(-n5c6ccoc6c6occc65)ccc4c4c5ccccc5c(-n5c6ccoc6c6occc65)cc43)cccc2c1. The second-order valence-electron chi connectivity index (χ2n) is 12.6. The van der Waals surface area contributed by atoms with E-state index in [0.29, 0.717) is 0 Å². The number of hydrogen-bond donors (Lipinski definition) is 0. The lowest BCUT2D eigenvalue weighted by atomic mass is 10.0. The Kier molecular flexibility index (Phi) is 4.60. The molecule has 0 saturated heterocycles. The lowest BCUT2D eigenvalue weighted by molar-refractivity contribution is 0.583. The fourth-order valence-corrected chi connectivity index (χ4v) is 8.23. The molecule has 7 aromatic heterocycles.